The molecule has 0 aromatic carbocycles. The Hall–Kier alpha value is -1.33. The molecule has 5 nitrogen and oxygen atoms in total. The number of carboxylic acids is 1. The second-order valence-corrected chi connectivity index (χ2v) is 5.22. The van der Waals surface area contributed by atoms with E-state index in [-0.39, 0.29) is 25.9 Å². The van der Waals surface area contributed by atoms with Crippen LogP contribution in [0.4, 0.5) is 9.18 Å². The lowest BCUT2D eigenvalue weighted by Gasteiger charge is -2.34. The van der Waals surface area contributed by atoms with Crippen molar-refractivity contribution in [1.29, 1.82) is 1.43 Å². The first kappa shape index (κ1) is 12.1. The summed E-state index contributed by atoms with van der Waals surface area (Å²) in [7, 11) is 0. The molecule has 1 rings (SSSR count). The van der Waals surface area contributed by atoms with E-state index in [9.17, 15) is 14.0 Å². The van der Waals surface area contributed by atoms with Gasteiger partial charge < -0.3 is 14.7 Å². The van der Waals surface area contributed by atoms with Gasteiger partial charge in [0.25, 0.3) is 1.43 Å². The molecule has 0 radical (unpaired) electrons. The van der Waals surface area contributed by atoms with E-state index in [1.807, 2.05) is 0 Å². The standard InChI is InChI=1S/C11H18FNO4/c1-10(2,3)17-9(16)13-6-4-11(12,5-7-13)8(14)15/h4-7H2,1-3H3,(H,14,15)/i/hD. The third-order valence-electron chi connectivity index (χ3n) is 2.57. The summed E-state index contributed by atoms with van der Waals surface area (Å²) in [5.41, 5.74) is -2.78. The Kier molecular flexibility index (Phi) is 3.22. The molecule has 1 aliphatic rings. The highest BCUT2D eigenvalue weighted by atomic mass is 19.1. The van der Waals surface area contributed by atoms with Crippen molar-refractivity contribution in [1.82, 2.24) is 4.90 Å². The number of hydrogen-bond acceptors (Lipinski definition) is 4. The fraction of sp³-hybridized carbons (Fsp3) is 0.818. The zero-order chi connectivity index (χ0) is 14.0. The molecule has 0 aromatic rings. The van der Waals surface area contributed by atoms with Gasteiger partial charge in [0, 0.05) is 25.9 Å². The third-order valence-corrected chi connectivity index (χ3v) is 2.57. The molecule has 1 N–H and O–H groups in total. The summed E-state index contributed by atoms with van der Waals surface area (Å²) in [6.07, 6.45) is -0.878. The minimum atomic E-state index is -2.17. The average molecular weight is 248 g/mol. The van der Waals surface area contributed by atoms with Crippen LogP contribution in [0, 0.1) is 0 Å². The Labute approximate surface area is 101 Å². The number of amides is 1. The Morgan fingerprint density at radius 2 is 1.94 bits per heavy atom. The summed E-state index contributed by atoms with van der Waals surface area (Å²) in [6, 6.07) is 0. The van der Waals surface area contributed by atoms with Gasteiger partial charge in [0.2, 0.25) is 5.67 Å². The van der Waals surface area contributed by atoms with E-state index in [1.54, 1.807) is 20.8 Å². The Balaban J connectivity index is 2.54. The highest BCUT2D eigenvalue weighted by Crippen LogP contribution is 2.27. The Bertz CT molecular complexity index is 334. The van der Waals surface area contributed by atoms with Gasteiger partial charge in [0.1, 0.15) is 5.60 Å². The SMILES string of the molecule is [2H]OC(=O)C1(F)CCN(C(=O)OC(C)(C)C)CC1. The van der Waals surface area contributed by atoms with Gasteiger partial charge >= 0.3 is 12.1 Å². The molecular formula is C11H18FNO4. The molecule has 17 heavy (non-hydrogen) atoms. The topological polar surface area (TPSA) is 66.8 Å². The molecular weight excluding hydrogens is 229 g/mol. The lowest BCUT2D eigenvalue weighted by molar-refractivity contribution is -0.154. The highest BCUT2D eigenvalue weighted by Gasteiger charge is 2.43. The van der Waals surface area contributed by atoms with Gasteiger partial charge in [-0.3, -0.25) is 0 Å². The van der Waals surface area contributed by atoms with Crippen molar-refractivity contribution in [2.45, 2.75) is 44.9 Å². The third kappa shape index (κ3) is 3.57. The summed E-state index contributed by atoms with van der Waals surface area (Å²) < 4.78 is 25.5. The van der Waals surface area contributed by atoms with Gasteiger partial charge in [-0.25, -0.2) is 14.0 Å². The molecule has 0 aliphatic carbocycles. The second-order valence-electron chi connectivity index (χ2n) is 5.22. The smallest absolute Gasteiger partial charge is 0.410 e. The Morgan fingerprint density at radius 1 is 1.41 bits per heavy atom. The van der Waals surface area contributed by atoms with E-state index in [1.165, 1.54) is 4.90 Å². The first-order valence-electron chi connectivity index (χ1n) is 5.93. The number of carbonyl (C=O) groups excluding carboxylic acids is 1. The molecule has 0 aromatic heterocycles. The van der Waals surface area contributed by atoms with Crippen molar-refractivity contribution >= 4 is 12.1 Å². The molecule has 6 heteroatoms. The number of hydrogen-bond donors (Lipinski definition) is 1. The number of ether oxygens (including phenoxy) is 1. The number of aliphatic carboxylic acids is 1. The quantitative estimate of drug-likeness (QED) is 0.768. The van der Waals surface area contributed by atoms with E-state index in [4.69, 9.17) is 6.17 Å². The number of rotatable bonds is 1. The summed E-state index contributed by atoms with van der Waals surface area (Å²) in [5, 5.41) is 3.67. The van der Waals surface area contributed by atoms with Gasteiger partial charge in [-0.1, -0.05) is 0 Å². The van der Waals surface area contributed by atoms with Crippen molar-refractivity contribution in [2.75, 3.05) is 13.1 Å². The van der Waals surface area contributed by atoms with Crippen molar-refractivity contribution in [3.05, 3.63) is 0 Å². The molecule has 0 unspecified atom stereocenters. The largest absolute Gasteiger partial charge is 0.479 e. The van der Waals surface area contributed by atoms with Gasteiger partial charge in [0.05, 0.1) is 0 Å². The normalized spacial score (nSPS) is 20.5. The predicted octanol–water partition coefficient (Wildman–Crippen LogP) is 1.81. The fourth-order valence-corrected chi connectivity index (χ4v) is 1.57. The van der Waals surface area contributed by atoms with Crippen LogP contribution in [0.1, 0.15) is 33.6 Å². The van der Waals surface area contributed by atoms with Crippen LogP contribution in [0.2, 0.25) is 0 Å². The van der Waals surface area contributed by atoms with Crippen LogP contribution >= 0.6 is 0 Å². The highest BCUT2D eigenvalue weighted by molar-refractivity contribution is 5.78. The predicted molar refractivity (Wildman–Crippen MR) is 58.5 cm³/mol. The maximum absolute atomic E-state index is 14.0. The van der Waals surface area contributed by atoms with E-state index in [0.717, 1.165) is 0 Å². The fourth-order valence-electron chi connectivity index (χ4n) is 1.57. The number of piperidine rings is 1. The van der Waals surface area contributed by atoms with E-state index >= 15 is 0 Å². The summed E-state index contributed by atoms with van der Waals surface area (Å²) >= 11 is 0. The summed E-state index contributed by atoms with van der Waals surface area (Å²) in [6.45, 7) is 5.37. The zero-order valence-electron chi connectivity index (χ0n) is 11.3. The van der Waals surface area contributed by atoms with Crippen LogP contribution in [0.15, 0.2) is 0 Å². The Morgan fingerprint density at radius 3 is 2.35 bits per heavy atom. The van der Waals surface area contributed by atoms with Crippen molar-refractivity contribution in [3.63, 3.8) is 0 Å². The first-order valence-corrected chi connectivity index (χ1v) is 5.52. The lowest BCUT2D eigenvalue weighted by Crippen LogP contribution is -2.49. The van der Waals surface area contributed by atoms with E-state index < -0.39 is 23.3 Å². The molecule has 0 saturated carbocycles. The van der Waals surface area contributed by atoms with Crippen LogP contribution < -0.4 is 0 Å². The summed E-state index contributed by atoms with van der Waals surface area (Å²) in [4.78, 5) is 24.1. The lowest BCUT2D eigenvalue weighted by atomic mass is 9.94. The van der Waals surface area contributed by atoms with Gasteiger partial charge in [0.15, 0.2) is 0 Å². The second kappa shape index (κ2) is 4.50. The van der Waals surface area contributed by atoms with Crippen LogP contribution in [0.3, 0.4) is 0 Å². The number of carbonyl (C=O) groups is 2. The van der Waals surface area contributed by atoms with Crippen LogP contribution in [-0.4, -0.2) is 46.4 Å². The molecule has 1 saturated heterocycles. The number of carboxylic acid groups (broad SMARTS) is 1. The van der Waals surface area contributed by atoms with E-state index in [2.05, 4.69) is 5.11 Å². The van der Waals surface area contributed by atoms with Crippen molar-refractivity contribution < 1.29 is 23.8 Å². The molecule has 98 valence electrons. The molecule has 0 spiro atoms. The van der Waals surface area contributed by atoms with Gasteiger partial charge in [-0.05, 0) is 20.8 Å². The van der Waals surface area contributed by atoms with Gasteiger partial charge in [-0.2, -0.15) is 0 Å². The number of nitrogens with zero attached hydrogens (tertiary/aromatic N) is 1. The summed E-state index contributed by atoms with van der Waals surface area (Å²) in [5.74, 6) is -1.20. The zero-order valence-corrected chi connectivity index (χ0v) is 10.3. The molecule has 0 bridgehead atoms. The molecule has 0 atom stereocenters. The van der Waals surface area contributed by atoms with E-state index in [0.29, 0.717) is 0 Å². The molecule has 1 fully saturated rings. The molecule has 1 heterocycles. The van der Waals surface area contributed by atoms with Crippen LogP contribution in [0.25, 0.3) is 1.43 Å². The average Bonchev–Trinajstić information content (AvgIpc) is 2.26. The molecule has 1 aliphatic heterocycles. The van der Waals surface area contributed by atoms with Crippen molar-refractivity contribution in [2.24, 2.45) is 0 Å². The minimum Gasteiger partial charge on any atom is -0.479 e. The van der Waals surface area contributed by atoms with Gasteiger partial charge in [-0.15, -0.1) is 0 Å². The number of alkyl halides is 1. The van der Waals surface area contributed by atoms with Crippen molar-refractivity contribution in [3.8, 4) is 0 Å². The monoisotopic (exact) mass is 248 g/mol. The first-order chi connectivity index (χ1) is 8.18. The maximum Gasteiger partial charge on any atom is 0.410 e. The maximum atomic E-state index is 14.0. The minimum absolute atomic E-state index is 0.0700. The number of halogens is 1. The van der Waals surface area contributed by atoms with Crippen LogP contribution in [0.5, 0.6) is 0 Å². The molecule has 1 amide bonds. The number of likely N-dealkylation sites (tertiary alicyclic amines) is 1. The van der Waals surface area contributed by atoms with Crippen LogP contribution in [-0.2, 0) is 9.53 Å².